The van der Waals surface area contributed by atoms with Crippen molar-refractivity contribution in [2.45, 2.75) is 56.5 Å². The van der Waals surface area contributed by atoms with Crippen LogP contribution in [-0.4, -0.2) is 51.9 Å². The van der Waals surface area contributed by atoms with Crippen LogP contribution in [0.2, 0.25) is 0 Å². The molecule has 3 aliphatic rings. The highest BCUT2D eigenvalue weighted by Gasteiger charge is 2.47. The van der Waals surface area contributed by atoms with Crippen LogP contribution < -0.4 is 4.72 Å². The van der Waals surface area contributed by atoms with Gasteiger partial charge in [-0.25, -0.2) is 13.1 Å². The SMILES string of the molecule is O=S(=O)(CC1CCCO1)NC1CCCCC12OCCO2. The first kappa shape index (κ1) is 14.7. The molecule has 0 aromatic heterocycles. The summed E-state index contributed by atoms with van der Waals surface area (Å²) < 4.78 is 44.3. The third kappa shape index (κ3) is 3.17. The van der Waals surface area contributed by atoms with Gasteiger partial charge in [0.05, 0.1) is 31.1 Å². The van der Waals surface area contributed by atoms with Gasteiger partial charge in [0.15, 0.2) is 5.79 Å². The zero-order chi connectivity index (χ0) is 14.1. The van der Waals surface area contributed by atoms with E-state index in [0.717, 1.165) is 38.5 Å². The minimum atomic E-state index is -3.36. The number of sulfonamides is 1. The number of hydrogen-bond donors (Lipinski definition) is 1. The molecule has 2 saturated heterocycles. The maximum absolute atomic E-state index is 12.3. The lowest BCUT2D eigenvalue weighted by Gasteiger charge is -2.39. The van der Waals surface area contributed by atoms with Crippen molar-refractivity contribution in [2.24, 2.45) is 0 Å². The van der Waals surface area contributed by atoms with Crippen molar-refractivity contribution in [3.8, 4) is 0 Å². The summed E-state index contributed by atoms with van der Waals surface area (Å²) in [5.74, 6) is -0.693. The zero-order valence-electron chi connectivity index (χ0n) is 11.7. The van der Waals surface area contributed by atoms with Crippen LogP contribution in [0.25, 0.3) is 0 Å². The molecule has 0 amide bonds. The Morgan fingerprint density at radius 2 is 1.85 bits per heavy atom. The van der Waals surface area contributed by atoms with Crippen molar-refractivity contribution in [2.75, 3.05) is 25.6 Å². The first-order valence-corrected chi connectivity index (χ1v) is 9.14. The van der Waals surface area contributed by atoms with Crippen molar-refractivity contribution in [3.05, 3.63) is 0 Å². The van der Waals surface area contributed by atoms with Gasteiger partial charge in [-0.3, -0.25) is 0 Å². The molecule has 7 heteroatoms. The van der Waals surface area contributed by atoms with Crippen molar-refractivity contribution in [1.82, 2.24) is 4.72 Å². The van der Waals surface area contributed by atoms with Gasteiger partial charge in [0.25, 0.3) is 0 Å². The molecule has 3 fully saturated rings. The summed E-state index contributed by atoms with van der Waals surface area (Å²) in [5, 5.41) is 0. The summed E-state index contributed by atoms with van der Waals surface area (Å²) in [6.45, 7) is 1.76. The molecule has 1 N–H and O–H groups in total. The average Bonchev–Trinajstić information content (AvgIpc) is 3.04. The summed E-state index contributed by atoms with van der Waals surface area (Å²) in [5.41, 5.74) is 0. The lowest BCUT2D eigenvalue weighted by molar-refractivity contribution is -0.191. The average molecular weight is 305 g/mol. The predicted molar refractivity (Wildman–Crippen MR) is 72.8 cm³/mol. The molecule has 6 nitrogen and oxygen atoms in total. The third-order valence-electron chi connectivity index (χ3n) is 4.33. The van der Waals surface area contributed by atoms with E-state index < -0.39 is 15.8 Å². The lowest BCUT2D eigenvalue weighted by atomic mass is 9.90. The van der Waals surface area contributed by atoms with Crippen molar-refractivity contribution < 1.29 is 22.6 Å². The van der Waals surface area contributed by atoms with E-state index in [2.05, 4.69) is 4.72 Å². The Morgan fingerprint density at radius 1 is 1.05 bits per heavy atom. The quantitative estimate of drug-likeness (QED) is 0.830. The van der Waals surface area contributed by atoms with Gasteiger partial charge in [0.1, 0.15) is 0 Å². The molecule has 0 aromatic rings. The first-order valence-electron chi connectivity index (χ1n) is 7.49. The van der Waals surface area contributed by atoms with E-state index >= 15 is 0 Å². The van der Waals surface area contributed by atoms with Crippen LogP contribution >= 0.6 is 0 Å². The van der Waals surface area contributed by atoms with Gasteiger partial charge in [-0.05, 0) is 25.7 Å². The van der Waals surface area contributed by atoms with E-state index in [9.17, 15) is 8.42 Å². The molecule has 0 bridgehead atoms. The second-order valence-electron chi connectivity index (χ2n) is 5.84. The van der Waals surface area contributed by atoms with Crippen LogP contribution in [0.3, 0.4) is 0 Å². The van der Waals surface area contributed by atoms with E-state index in [1.807, 2.05) is 0 Å². The topological polar surface area (TPSA) is 73.9 Å². The fourth-order valence-electron chi connectivity index (χ4n) is 3.36. The van der Waals surface area contributed by atoms with Gasteiger partial charge in [-0.15, -0.1) is 0 Å². The van der Waals surface area contributed by atoms with Crippen LogP contribution in [0, 0.1) is 0 Å². The highest BCUT2D eigenvalue weighted by Crippen LogP contribution is 2.36. The van der Waals surface area contributed by atoms with Crippen LogP contribution in [0.5, 0.6) is 0 Å². The Kier molecular flexibility index (Phi) is 4.33. The van der Waals surface area contributed by atoms with Gasteiger partial charge in [0, 0.05) is 13.0 Å². The molecular formula is C13H23NO5S. The minimum Gasteiger partial charge on any atom is -0.377 e. The van der Waals surface area contributed by atoms with E-state index in [1.165, 1.54) is 0 Å². The molecule has 0 aromatic carbocycles. The molecule has 3 rings (SSSR count). The lowest BCUT2D eigenvalue weighted by Crippen LogP contribution is -2.56. The molecular weight excluding hydrogens is 282 g/mol. The largest absolute Gasteiger partial charge is 0.377 e. The van der Waals surface area contributed by atoms with Gasteiger partial charge in [0.2, 0.25) is 10.0 Å². The molecule has 20 heavy (non-hydrogen) atoms. The first-order chi connectivity index (χ1) is 9.60. The third-order valence-corrected chi connectivity index (χ3v) is 5.78. The fourth-order valence-corrected chi connectivity index (χ4v) is 4.94. The van der Waals surface area contributed by atoms with E-state index in [4.69, 9.17) is 14.2 Å². The van der Waals surface area contributed by atoms with Gasteiger partial charge < -0.3 is 14.2 Å². The Labute approximate surface area is 120 Å². The Morgan fingerprint density at radius 3 is 2.55 bits per heavy atom. The normalized spacial score (nSPS) is 33.8. The van der Waals surface area contributed by atoms with Crippen LogP contribution in [0.1, 0.15) is 38.5 Å². The maximum Gasteiger partial charge on any atom is 0.214 e. The monoisotopic (exact) mass is 305 g/mol. The molecule has 0 radical (unpaired) electrons. The van der Waals surface area contributed by atoms with Crippen LogP contribution in [0.4, 0.5) is 0 Å². The molecule has 2 unspecified atom stereocenters. The van der Waals surface area contributed by atoms with E-state index in [-0.39, 0.29) is 17.9 Å². The summed E-state index contributed by atoms with van der Waals surface area (Å²) in [6.07, 6.45) is 5.15. The molecule has 116 valence electrons. The second-order valence-corrected chi connectivity index (χ2v) is 7.64. The molecule has 2 aliphatic heterocycles. The summed E-state index contributed by atoms with van der Waals surface area (Å²) >= 11 is 0. The second kappa shape index (κ2) is 5.88. The summed E-state index contributed by atoms with van der Waals surface area (Å²) in [4.78, 5) is 0. The Balaban J connectivity index is 1.65. The predicted octanol–water partition coefficient (Wildman–Crippen LogP) is 0.770. The minimum absolute atomic E-state index is 0.0413. The summed E-state index contributed by atoms with van der Waals surface area (Å²) in [6, 6.07) is -0.273. The highest BCUT2D eigenvalue weighted by molar-refractivity contribution is 7.89. The Hall–Kier alpha value is -0.210. The number of rotatable bonds is 4. The smallest absolute Gasteiger partial charge is 0.214 e. The molecule has 1 aliphatic carbocycles. The number of ether oxygens (including phenoxy) is 3. The Bertz CT molecular complexity index is 426. The van der Waals surface area contributed by atoms with E-state index in [0.29, 0.717) is 19.8 Å². The van der Waals surface area contributed by atoms with E-state index in [1.54, 1.807) is 0 Å². The van der Waals surface area contributed by atoms with Crippen molar-refractivity contribution >= 4 is 10.0 Å². The zero-order valence-corrected chi connectivity index (χ0v) is 12.5. The van der Waals surface area contributed by atoms with Crippen LogP contribution in [-0.2, 0) is 24.2 Å². The van der Waals surface area contributed by atoms with Gasteiger partial charge in [-0.2, -0.15) is 0 Å². The molecule has 2 atom stereocenters. The number of hydrogen-bond acceptors (Lipinski definition) is 5. The summed E-state index contributed by atoms with van der Waals surface area (Å²) in [7, 11) is -3.36. The highest BCUT2D eigenvalue weighted by atomic mass is 32.2. The maximum atomic E-state index is 12.3. The molecule has 2 heterocycles. The van der Waals surface area contributed by atoms with Crippen LogP contribution in [0.15, 0.2) is 0 Å². The van der Waals surface area contributed by atoms with Crippen molar-refractivity contribution in [1.29, 1.82) is 0 Å². The fraction of sp³-hybridized carbons (Fsp3) is 1.00. The standard InChI is InChI=1S/C13H23NO5S/c15-20(16,10-11-4-3-7-17-11)14-12-5-1-2-6-13(12)18-8-9-19-13/h11-12,14H,1-10H2. The van der Waals surface area contributed by atoms with Crippen molar-refractivity contribution in [3.63, 3.8) is 0 Å². The number of nitrogens with one attached hydrogen (secondary N) is 1. The molecule has 1 spiro atoms. The van der Waals surface area contributed by atoms with Gasteiger partial charge in [-0.1, -0.05) is 6.42 Å². The van der Waals surface area contributed by atoms with Gasteiger partial charge >= 0.3 is 0 Å². The molecule has 1 saturated carbocycles.